The molecule has 3 aromatic heterocycles. The number of rotatable bonds is 4. The first kappa shape index (κ1) is 16.4. The quantitative estimate of drug-likeness (QED) is 0.579. The van der Waals surface area contributed by atoms with Crippen LogP contribution < -0.4 is 5.32 Å². The van der Waals surface area contributed by atoms with Crippen LogP contribution in [0.25, 0.3) is 22.2 Å². The van der Waals surface area contributed by atoms with Crippen LogP contribution in [0.15, 0.2) is 66.3 Å². The maximum Gasteiger partial charge on any atom is 0.252 e. The largest absolute Gasteiger partial charge is 0.347 e. The highest BCUT2D eigenvalue weighted by molar-refractivity contribution is 7.09. The van der Waals surface area contributed by atoms with Crippen molar-refractivity contribution in [2.75, 3.05) is 0 Å². The summed E-state index contributed by atoms with van der Waals surface area (Å²) >= 11 is 1.63. The predicted molar refractivity (Wildman–Crippen MR) is 105 cm³/mol. The number of nitrogens with zero attached hydrogens (tertiary/aromatic N) is 2. The van der Waals surface area contributed by atoms with E-state index in [4.69, 9.17) is 4.98 Å². The third-order valence-electron chi connectivity index (χ3n) is 4.19. The first-order valence-electron chi connectivity index (χ1n) is 8.33. The minimum atomic E-state index is -0.0910. The van der Waals surface area contributed by atoms with Crippen LogP contribution in [-0.2, 0) is 6.54 Å². The normalized spacial score (nSPS) is 10.8. The van der Waals surface area contributed by atoms with Gasteiger partial charge in [0, 0.05) is 28.2 Å². The highest BCUT2D eigenvalue weighted by atomic mass is 32.1. The first-order chi connectivity index (χ1) is 12.7. The van der Waals surface area contributed by atoms with Gasteiger partial charge in [0.05, 0.1) is 23.3 Å². The van der Waals surface area contributed by atoms with Gasteiger partial charge in [-0.3, -0.25) is 9.78 Å². The molecule has 4 aromatic rings. The number of nitrogens with one attached hydrogen (secondary N) is 1. The lowest BCUT2D eigenvalue weighted by Crippen LogP contribution is -2.22. The second kappa shape index (κ2) is 7.06. The number of hydrogen-bond donors (Lipinski definition) is 1. The Hall–Kier alpha value is -3.05. The molecule has 5 heteroatoms. The molecule has 4 nitrogen and oxygen atoms in total. The molecule has 0 aliphatic heterocycles. The van der Waals surface area contributed by atoms with E-state index in [9.17, 15) is 4.79 Å². The molecule has 1 aromatic carbocycles. The molecule has 3 heterocycles. The smallest absolute Gasteiger partial charge is 0.252 e. The number of fused-ring (bicyclic) bond motifs is 1. The average Bonchev–Trinajstić information content (AvgIpc) is 3.19. The monoisotopic (exact) mass is 359 g/mol. The molecule has 0 saturated carbocycles. The number of aromatic nitrogens is 2. The average molecular weight is 359 g/mol. The van der Waals surface area contributed by atoms with Crippen molar-refractivity contribution in [1.29, 1.82) is 0 Å². The maximum absolute atomic E-state index is 12.9. The van der Waals surface area contributed by atoms with Crippen LogP contribution >= 0.6 is 11.3 Å². The predicted octanol–water partition coefficient (Wildman–Crippen LogP) is 4.60. The third kappa shape index (κ3) is 3.34. The number of carbonyl (C=O) groups is 1. The number of amides is 1. The Morgan fingerprint density at radius 1 is 1.12 bits per heavy atom. The van der Waals surface area contributed by atoms with E-state index < -0.39 is 0 Å². The van der Waals surface area contributed by atoms with Crippen molar-refractivity contribution in [2.24, 2.45) is 0 Å². The summed E-state index contributed by atoms with van der Waals surface area (Å²) in [7, 11) is 0. The van der Waals surface area contributed by atoms with E-state index in [1.165, 1.54) is 0 Å². The van der Waals surface area contributed by atoms with Gasteiger partial charge in [-0.15, -0.1) is 11.3 Å². The van der Waals surface area contributed by atoms with Gasteiger partial charge in [-0.05, 0) is 48.7 Å². The minimum Gasteiger partial charge on any atom is -0.347 e. The third-order valence-corrected chi connectivity index (χ3v) is 5.06. The molecule has 0 fully saturated rings. The SMILES string of the molecule is Cc1ccc2nc(-c3ccncc3)cc(C(=O)NCc3cccs3)c2c1. The van der Waals surface area contributed by atoms with E-state index in [1.807, 2.05) is 60.8 Å². The van der Waals surface area contributed by atoms with Gasteiger partial charge in [-0.2, -0.15) is 0 Å². The molecule has 0 aliphatic carbocycles. The number of aryl methyl sites for hydroxylation is 1. The molecule has 1 N–H and O–H groups in total. The highest BCUT2D eigenvalue weighted by Gasteiger charge is 2.14. The Bertz CT molecular complexity index is 1060. The Morgan fingerprint density at radius 3 is 2.73 bits per heavy atom. The van der Waals surface area contributed by atoms with E-state index >= 15 is 0 Å². The maximum atomic E-state index is 12.9. The van der Waals surface area contributed by atoms with Gasteiger partial charge in [0.2, 0.25) is 0 Å². The lowest BCUT2D eigenvalue weighted by Gasteiger charge is -2.11. The van der Waals surface area contributed by atoms with E-state index in [0.717, 1.165) is 32.6 Å². The van der Waals surface area contributed by atoms with Crippen molar-refractivity contribution in [3.63, 3.8) is 0 Å². The zero-order chi connectivity index (χ0) is 17.9. The van der Waals surface area contributed by atoms with Gasteiger partial charge in [0.15, 0.2) is 0 Å². The molecular weight excluding hydrogens is 342 g/mol. The molecule has 4 rings (SSSR count). The van der Waals surface area contributed by atoms with Crippen LogP contribution in [-0.4, -0.2) is 15.9 Å². The summed E-state index contributed by atoms with van der Waals surface area (Å²) in [5.41, 5.74) is 4.26. The molecule has 1 amide bonds. The first-order valence-corrected chi connectivity index (χ1v) is 9.21. The van der Waals surface area contributed by atoms with Crippen molar-refractivity contribution in [3.05, 3.63) is 82.3 Å². The van der Waals surface area contributed by atoms with Gasteiger partial charge in [0.1, 0.15) is 0 Å². The fourth-order valence-corrected chi connectivity index (χ4v) is 3.52. The molecule has 0 unspecified atom stereocenters. The molecule has 0 saturated heterocycles. The van der Waals surface area contributed by atoms with Gasteiger partial charge in [-0.25, -0.2) is 4.98 Å². The number of benzene rings is 1. The van der Waals surface area contributed by atoms with Crippen molar-refractivity contribution >= 4 is 28.1 Å². The number of hydrogen-bond acceptors (Lipinski definition) is 4. The summed E-state index contributed by atoms with van der Waals surface area (Å²) < 4.78 is 0. The summed E-state index contributed by atoms with van der Waals surface area (Å²) in [5.74, 6) is -0.0910. The number of thiophene rings is 1. The van der Waals surface area contributed by atoms with E-state index in [0.29, 0.717) is 12.1 Å². The van der Waals surface area contributed by atoms with Crippen molar-refractivity contribution in [2.45, 2.75) is 13.5 Å². The molecule has 0 atom stereocenters. The molecule has 26 heavy (non-hydrogen) atoms. The van der Waals surface area contributed by atoms with Crippen LogP contribution in [0.3, 0.4) is 0 Å². The summed E-state index contributed by atoms with van der Waals surface area (Å²) in [4.78, 5) is 22.8. The molecule has 128 valence electrons. The van der Waals surface area contributed by atoms with Gasteiger partial charge < -0.3 is 5.32 Å². The molecule has 0 aliphatic rings. The molecule has 0 bridgehead atoms. The lowest BCUT2D eigenvalue weighted by atomic mass is 10.0. The van der Waals surface area contributed by atoms with Crippen molar-refractivity contribution < 1.29 is 4.79 Å². The Morgan fingerprint density at radius 2 is 1.96 bits per heavy atom. The molecule has 0 radical (unpaired) electrons. The van der Waals surface area contributed by atoms with Gasteiger partial charge in [-0.1, -0.05) is 17.7 Å². The minimum absolute atomic E-state index is 0.0910. The number of carbonyl (C=O) groups excluding carboxylic acids is 1. The summed E-state index contributed by atoms with van der Waals surface area (Å²) in [6, 6.07) is 15.6. The van der Waals surface area contributed by atoms with Crippen LogP contribution in [0.2, 0.25) is 0 Å². The van der Waals surface area contributed by atoms with Gasteiger partial charge in [0.25, 0.3) is 5.91 Å². The van der Waals surface area contributed by atoms with Crippen molar-refractivity contribution in [3.8, 4) is 11.3 Å². The highest BCUT2D eigenvalue weighted by Crippen LogP contribution is 2.25. The van der Waals surface area contributed by atoms with Crippen LogP contribution in [0, 0.1) is 6.92 Å². The zero-order valence-electron chi connectivity index (χ0n) is 14.3. The fraction of sp³-hybridized carbons (Fsp3) is 0.0952. The van der Waals surface area contributed by atoms with E-state index in [-0.39, 0.29) is 5.91 Å². The lowest BCUT2D eigenvalue weighted by molar-refractivity contribution is 0.0953. The summed E-state index contributed by atoms with van der Waals surface area (Å²) in [5, 5.41) is 5.90. The molecular formula is C21H17N3OS. The second-order valence-corrected chi connectivity index (χ2v) is 7.11. The Kier molecular flexibility index (Phi) is 4.46. The van der Waals surface area contributed by atoms with Crippen LogP contribution in [0.5, 0.6) is 0 Å². The van der Waals surface area contributed by atoms with Gasteiger partial charge >= 0.3 is 0 Å². The van der Waals surface area contributed by atoms with E-state index in [2.05, 4.69) is 10.3 Å². The standard InChI is InChI=1S/C21H17N3OS/c1-14-4-5-19-17(11-14)18(21(25)23-13-16-3-2-10-26-16)12-20(24-19)15-6-8-22-9-7-15/h2-12H,13H2,1H3,(H,23,25). The zero-order valence-corrected chi connectivity index (χ0v) is 15.1. The fourth-order valence-electron chi connectivity index (χ4n) is 2.87. The Labute approximate surface area is 155 Å². The second-order valence-electron chi connectivity index (χ2n) is 6.07. The van der Waals surface area contributed by atoms with Crippen LogP contribution in [0.1, 0.15) is 20.8 Å². The van der Waals surface area contributed by atoms with Crippen molar-refractivity contribution in [1.82, 2.24) is 15.3 Å². The molecule has 0 spiro atoms. The Balaban J connectivity index is 1.77. The topological polar surface area (TPSA) is 54.9 Å². The van der Waals surface area contributed by atoms with Crippen LogP contribution in [0.4, 0.5) is 0 Å². The van der Waals surface area contributed by atoms with E-state index in [1.54, 1.807) is 23.7 Å². The summed E-state index contributed by atoms with van der Waals surface area (Å²) in [6.45, 7) is 2.54. The summed E-state index contributed by atoms with van der Waals surface area (Å²) in [6.07, 6.45) is 3.46. The number of pyridine rings is 2.